The largest absolute Gasteiger partial charge is 0.321 e. The summed E-state index contributed by atoms with van der Waals surface area (Å²) < 4.78 is 27.1. The molecule has 3 aromatic rings. The van der Waals surface area contributed by atoms with Crippen molar-refractivity contribution in [2.75, 3.05) is 11.9 Å². The Morgan fingerprint density at radius 1 is 1.15 bits per heavy atom. The highest BCUT2D eigenvalue weighted by molar-refractivity contribution is 7.89. The van der Waals surface area contributed by atoms with Gasteiger partial charge in [0, 0.05) is 17.6 Å². The van der Waals surface area contributed by atoms with Gasteiger partial charge in [-0.1, -0.05) is 6.07 Å². The Morgan fingerprint density at radius 3 is 2.59 bits per heavy atom. The molecule has 1 fully saturated rings. The number of thiophene rings is 1. The summed E-state index contributed by atoms with van der Waals surface area (Å²) in [7, 11) is -3.51. The zero-order valence-corrected chi connectivity index (χ0v) is 16.7. The van der Waals surface area contributed by atoms with Crippen LogP contribution in [-0.4, -0.2) is 25.9 Å². The fraction of sp³-hybridized carbons (Fsp3) is 0.222. The number of hydrogen-bond acceptors (Lipinski definition) is 6. The Labute approximate surface area is 165 Å². The monoisotopic (exact) mass is 419 g/mol. The van der Waals surface area contributed by atoms with Crippen molar-refractivity contribution in [2.24, 2.45) is 5.92 Å². The summed E-state index contributed by atoms with van der Waals surface area (Å²) >= 11 is 2.99. The lowest BCUT2D eigenvalue weighted by Crippen LogP contribution is -2.25. The van der Waals surface area contributed by atoms with E-state index in [-0.39, 0.29) is 10.8 Å². The zero-order valence-electron chi connectivity index (χ0n) is 14.2. The predicted molar refractivity (Wildman–Crippen MR) is 108 cm³/mol. The van der Waals surface area contributed by atoms with E-state index < -0.39 is 10.0 Å². The number of nitrogens with zero attached hydrogens (tertiary/aromatic N) is 1. The fourth-order valence-corrected chi connectivity index (χ4v) is 5.17. The Kier molecular flexibility index (Phi) is 5.09. The van der Waals surface area contributed by atoms with Crippen LogP contribution in [0.5, 0.6) is 0 Å². The Morgan fingerprint density at radius 2 is 1.93 bits per heavy atom. The van der Waals surface area contributed by atoms with Crippen molar-refractivity contribution in [3.05, 3.63) is 52.9 Å². The van der Waals surface area contributed by atoms with Crippen LogP contribution >= 0.6 is 22.7 Å². The zero-order chi connectivity index (χ0) is 18.9. The molecule has 0 unspecified atom stereocenters. The third-order valence-corrected chi connectivity index (χ3v) is 7.47. The van der Waals surface area contributed by atoms with Gasteiger partial charge in [0.25, 0.3) is 5.91 Å². The molecular weight excluding hydrogens is 402 g/mol. The van der Waals surface area contributed by atoms with Gasteiger partial charge in [0.1, 0.15) is 10.7 Å². The molecule has 0 saturated heterocycles. The van der Waals surface area contributed by atoms with E-state index in [0.29, 0.717) is 23.8 Å². The first-order chi connectivity index (χ1) is 13.0. The number of benzene rings is 1. The number of anilines is 1. The molecule has 1 amide bonds. The first-order valence-corrected chi connectivity index (χ1v) is 11.7. The topological polar surface area (TPSA) is 88.2 Å². The number of amides is 1. The van der Waals surface area contributed by atoms with Gasteiger partial charge in [-0.05, 0) is 54.5 Å². The van der Waals surface area contributed by atoms with Gasteiger partial charge in [0.15, 0.2) is 0 Å². The molecule has 1 aliphatic carbocycles. The summed E-state index contributed by atoms with van der Waals surface area (Å²) in [6, 6.07) is 10.0. The number of nitrogens with one attached hydrogen (secondary N) is 2. The van der Waals surface area contributed by atoms with Gasteiger partial charge in [0.05, 0.1) is 9.77 Å². The number of rotatable bonds is 7. The quantitative estimate of drug-likeness (QED) is 0.609. The maximum atomic E-state index is 12.4. The van der Waals surface area contributed by atoms with Crippen LogP contribution in [0.15, 0.2) is 52.1 Å². The number of carbonyl (C=O) groups excluding carboxylic acids is 1. The highest BCUT2D eigenvalue weighted by Crippen LogP contribution is 2.29. The van der Waals surface area contributed by atoms with Gasteiger partial charge in [-0.25, -0.2) is 18.1 Å². The second-order valence-corrected chi connectivity index (χ2v) is 9.86. The van der Waals surface area contributed by atoms with E-state index in [4.69, 9.17) is 0 Å². The molecule has 2 N–H and O–H groups in total. The van der Waals surface area contributed by atoms with Crippen LogP contribution in [0.25, 0.3) is 9.88 Å². The number of aromatic nitrogens is 1. The average molecular weight is 420 g/mol. The smallest absolute Gasteiger partial charge is 0.275 e. The van der Waals surface area contributed by atoms with Gasteiger partial charge < -0.3 is 5.32 Å². The highest BCUT2D eigenvalue weighted by atomic mass is 32.2. The van der Waals surface area contributed by atoms with E-state index in [1.165, 1.54) is 23.5 Å². The maximum Gasteiger partial charge on any atom is 0.275 e. The molecule has 4 rings (SSSR count). The van der Waals surface area contributed by atoms with Crippen LogP contribution in [0.3, 0.4) is 0 Å². The van der Waals surface area contributed by atoms with Gasteiger partial charge in [-0.15, -0.1) is 22.7 Å². The van der Waals surface area contributed by atoms with Crippen LogP contribution in [0.2, 0.25) is 0 Å². The lowest BCUT2D eigenvalue weighted by atomic mass is 10.3. The summed E-state index contributed by atoms with van der Waals surface area (Å²) in [5.41, 5.74) is 0.859. The second kappa shape index (κ2) is 7.51. The van der Waals surface area contributed by atoms with Crippen molar-refractivity contribution in [3.8, 4) is 9.88 Å². The van der Waals surface area contributed by atoms with Gasteiger partial charge in [-0.3, -0.25) is 4.79 Å². The first kappa shape index (κ1) is 18.3. The van der Waals surface area contributed by atoms with Gasteiger partial charge in [0.2, 0.25) is 10.0 Å². The average Bonchev–Trinajstić information content (AvgIpc) is 3.11. The molecule has 140 valence electrons. The van der Waals surface area contributed by atoms with Crippen molar-refractivity contribution >= 4 is 44.3 Å². The molecule has 6 nitrogen and oxygen atoms in total. The predicted octanol–water partition coefficient (Wildman–Crippen LogP) is 3.81. The molecule has 0 radical (unpaired) electrons. The molecule has 0 spiro atoms. The second-order valence-electron chi connectivity index (χ2n) is 6.29. The van der Waals surface area contributed by atoms with E-state index in [9.17, 15) is 13.2 Å². The summed E-state index contributed by atoms with van der Waals surface area (Å²) in [5.74, 6) is 0.145. The number of hydrogen-bond donors (Lipinski definition) is 2. The van der Waals surface area contributed by atoms with E-state index in [1.54, 1.807) is 28.8 Å². The molecule has 9 heteroatoms. The van der Waals surface area contributed by atoms with Crippen molar-refractivity contribution < 1.29 is 13.2 Å². The molecule has 1 saturated carbocycles. The fourth-order valence-electron chi connectivity index (χ4n) is 2.44. The Balaban J connectivity index is 1.41. The molecule has 2 aromatic heterocycles. The maximum absolute atomic E-state index is 12.4. The van der Waals surface area contributed by atoms with Gasteiger partial charge in [-0.2, -0.15) is 0 Å². The van der Waals surface area contributed by atoms with E-state index in [0.717, 1.165) is 22.7 Å². The van der Waals surface area contributed by atoms with Crippen molar-refractivity contribution in [1.82, 2.24) is 9.71 Å². The van der Waals surface area contributed by atoms with Crippen LogP contribution in [-0.2, 0) is 10.0 Å². The Bertz CT molecular complexity index is 1040. The van der Waals surface area contributed by atoms with E-state index >= 15 is 0 Å². The minimum atomic E-state index is -3.51. The van der Waals surface area contributed by atoms with Crippen LogP contribution in [0, 0.1) is 5.92 Å². The van der Waals surface area contributed by atoms with E-state index in [2.05, 4.69) is 15.0 Å². The summed E-state index contributed by atoms with van der Waals surface area (Å²) in [6.45, 7) is 0.483. The summed E-state index contributed by atoms with van der Waals surface area (Å²) in [4.78, 5) is 17.9. The molecular formula is C18H17N3O3S3. The normalized spacial score (nSPS) is 14.2. The summed E-state index contributed by atoms with van der Waals surface area (Å²) in [6.07, 6.45) is 2.16. The summed E-state index contributed by atoms with van der Waals surface area (Å²) in [5, 5.41) is 7.23. The number of thiazole rings is 1. The van der Waals surface area contributed by atoms with Crippen molar-refractivity contribution in [2.45, 2.75) is 17.7 Å². The molecule has 27 heavy (non-hydrogen) atoms. The lowest BCUT2D eigenvalue weighted by Gasteiger charge is -2.07. The number of sulfonamides is 1. The van der Waals surface area contributed by atoms with Crippen LogP contribution < -0.4 is 10.0 Å². The molecule has 0 atom stereocenters. The van der Waals surface area contributed by atoms with Crippen LogP contribution in [0.4, 0.5) is 5.69 Å². The first-order valence-electron chi connectivity index (χ1n) is 8.42. The molecule has 0 bridgehead atoms. The standard InChI is InChI=1S/C18H17N3O3S3/c22-17(15-11-26-18(21-15)16-2-1-9-25-16)20-13-5-7-14(8-6-13)27(23,24)19-10-12-3-4-12/h1-2,5-9,11-12,19H,3-4,10H2,(H,20,22). The minimum Gasteiger partial charge on any atom is -0.321 e. The Hall–Kier alpha value is -2.07. The third-order valence-electron chi connectivity index (χ3n) is 4.15. The van der Waals surface area contributed by atoms with Gasteiger partial charge >= 0.3 is 0 Å². The third kappa shape index (κ3) is 4.44. The number of carbonyl (C=O) groups is 1. The molecule has 0 aliphatic heterocycles. The SMILES string of the molecule is O=C(Nc1ccc(S(=O)(=O)NCC2CC2)cc1)c1csc(-c2cccs2)n1. The molecule has 2 heterocycles. The lowest BCUT2D eigenvalue weighted by molar-refractivity contribution is 0.102. The van der Waals surface area contributed by atoms with Crippen LogP contribution in [0.1, 0.15) is 23.3 Å². The van der Waals surface area contributed by atoms with Crippen molar-refractivity contribution in [3.63, 3.8) is 0 Å². The molecule has 1 aliphatic rings. The van der Waals surface area contributed by atoms with E-state index in [1.807, 2.05) is 17.5 Å². The highest BCUT2D eigenvalue weighted by Gasteiger charge is 2.24. The van der Waals surface area contributed by atoms with Crippen molar-refractivity contribution in [1.29, 1.82) is 0 Å². The minimum absolute atomic E-state index is 0.190. The molecule has 1 aromatic carbocycles.